The fraction of sp³-hybridized carbons (Fsp3) is 0.286. The van der Waals surface area contributed by atoms with Crippen molar-refractivity contribution < 1.29 is 9.59 Å². The Bertz CT molecular complexity index is 556. The number of halogens is 1. The topological polar surface area (TPSA) is 37.4 Å². The molecule has 0 saturated carbocycles. The second kappa shape index (κ2) is 6.09. The van der Waals surface area contributed by atoms with Crippen molar-refractivity contribution in [1.29, 1.82) is 0 Å². The van der Waals surface area contributed by atoms with Crippen molar-refractivity contribution >= 4 is 51.6 Å². The van der Waals surface area contributed by atoms with Crippen LogP contribution < -0.4 is 0 Å². The molecule has 19 heavy (non-hydrogen) atoms. The lowest BCUT2D eigenvalue weighted by atomic mass is 10.2. The van der Waals surface area contributed by atoms with Gasteiger partial charge in [0.25, 0.3) is 11.1 Å². The summed E-state index contributed by atoms with van der Waals surface area (Å²) >= 11 is 3.25. The van der Waals surface area contributed by atoms with Gasteiger partial charge in [0, 0.05) is 9.61 Å². The number of hydrogen-bond donors (Lipinski definition) is 0. The van der Waals surface area contributed by atoms with Crippen LogP contribution in [0.5, 0.6) is 0 Å². The predicted molar refractivity (Wildman–Crippen MR) is 86.7 cm³/mol. The lowest BCUT2D eigenvalue weighted by Gasteiger charge is -2.19. The predicted octanol–water partition coefficient (Wildman–Crippen LogP) is 4.13. The van der Waals surface area contributed by atoms with E-state index in [2.05, 4.69) is 22.6 Å². The number of hydrogen-bond acceptors (Lipinski definition) is 3. The van der Waals surface area contributed by atoms with Crippen LogP contribution in [-0.2, 0) is 4.79 Å². The lowest BCUT2D eigenvalue weighted by Crippen LogP contribution is -2.36. The number of carbonyl (C=O) groups is 2. The second-order valence-corrected chi connectivity index (χ2v) is 6.49. The van der Waals surface area contributed by atoms with Crippen LogP contribution in [0.1, 0.15) is 25.8 Å². The van der Waals surface area contributed by atoms with Crippen molar-refractivity contribution in [2.45, 2.75) is 26.3 Å². The summed E-state index contributed by atoms with van der Waals surface area (Å²) in [5.74, 6) is -0.177. The summed E-state index contributed by atoms with van der Waals surface area (Å²) in [6.07, 6.45) is 2.57. The van der Waals surface area contributed by atoms with E-state index in [1.54, 1.807) is 6.08 Å². The number of amides is 2. The molecule has 2 amide bonds. The fourth-order valence-electron chi connectivity index (χ4n) is 1.78. The summed E-state index contributed by atoms with van der Waals surface area (Å²) in [4.78, 5) is 26.0. The summed E-state index contributed by atoms with van der Waals surface area (Å²) in [7, 11) is 0. The zero-order chi connectivity index (χ0) is 14.0. The Morgan fingerprint density at radius 1 is 1.37 bits per heavy atom. The SMILES string of the molecule is CC[C@H](C)N1C(=O)S/C(=C/c2ccccc2I)C1=O. The van der Waals surface area contributed by atoms with E-state index in [-0.39, 0.29) is 17.2 Å². The van der Waals surface area contributed by atoms with Gasteiger partial charge in [0.2, 0.25) is 0 Å². The third kappa shape index (κ3) is 3.02. The maximum absolute atomic E-state index is 12.2. The highest BCUT2D eigenvalue weighted by Crippen LogP contribution is 2.34. The van der Waals surface area contributed by atoms with Crippen LogP contribution in [0.25, 0.3) is 6.08 Å². The summed E-state index contributed by atoms with van der Waals surface area (Å²) in [6, 6.07) is 7.74. The second-order valence-electron chi connectivity index (χ2n) is 4.33. The molecule has 0 unspecified atom stereocenters. The smallest absolute Gasteiger partial charge is 0.268 e. The average Bonchev–Trinajstić information content (AvgIpc) is 2.66. The molecular formula is C14H14INO2S. The first-order valence-electron chi connectivity index (χ1n) is 6.06. The van der Waals surface area contributed by atoms with Gasteiger partial charge in [0.05, 0.1) is 4.91 Å². The molecule has 1 aliphatic heterocycles. The summed E-state index contributed by atoms with van der Waals surface area (Å²) < 4.78 is 1.07. The highest BCUT2D eigenvalue weighted by molar-refractivity contribution is 14.1. The summed E-state index contributed by atoms with van der Waals surface area (Å²) in [5, 5.41) is -0.170. The van der Waals surface area contributed by atoms with Gasteiger partial charge in [-0.2, -0.15) is 0 Å². The van der Waals surface area contributed by atoms with E-state index in [0.717, 1.165) is 27.3 Å². The lowest BCUT2D eigenvalue weighted by molar-refractivity contribution is -0.124. The van der Waals surface area contributed by atoms with Gasteiger partial charge < -0.3 is 0 Å². The molecule has 100 valence electrons. The van der Waals surface area contributed by atoms with Crippen LogP contribution in [0.3, 0.4) is 0 Å². The largest absolute Gasteiger partial charge is 0.293 e. The van der Waals surface area contributed by atoms with Crippen molar-refractivity contribution in [3.63, 3.8) is 0 Å². The summed E-state index contributed by atoms with van der Waals surface area (Å²) in [6.45, 7) is 3.86. The highest BCUT2D eigenvalue weighted by Gasteiger charge is 2.37. The normalized spacial score (nSPS) is 19.3. The number of benzene rings is 1. The van der Waals surface area contributed by atoms with Crippen LogP contribution in [0, 0.1) is 3.57 Å². The molecule has 1 aromatic carbocycles. The first-order valence-corrected chi connectivity index (χ1v) is 7.95. The Morgan fingerprint density at radius 3 is 2.68 bits per heavy atom. The van der Waals surface area contributed by atoms with E-state index in [9.17, 15) is 9.59 Å². The third-order valence-electron chi connectivity index (χ3n) is 3.05. The first kappa shape index (κ1) is 14.6. The maximum Gasteiger partial charge on any atom is 0.293 e. The van der Waals surface area contributed by atoms with Gasteiger partial charge in [-0.15, -0.1) is 0 Å². The standard InChI is InChI=1S/C14H14INO2S/c1-3-9(2)16-13(17)12(19-14(16)18)8-10-6-4-5-7-11(10)15/h4-9H,3H2,1-2H3/b12-8+/t9-/m0/s1. The van der Waals surface area contributed by atoms with Crippen molar-refractivity contribution in [3.8, 4) is 0 Å². The average molecular weight is 387 g/mol. The molecule has 0 aromatic heterocycles. The van der Waals surface area contributed by atoms with E-state index in [4.69, 9.17) is 0 Å². The number of imide groups is 1. The Morgan fingerprint density at radius 2 is 2.05 bits per heavy atom. The zero-order valence-corrected chi connectivity index (χ0v) is 13.7. The minimum atomic E-state index is -0.177. The molecule has 0 N–H and O–H groups in total. The fourth-order valence-corrected chi connectivity index (χ4v) is 3.24. The van der Waals surface area contributed by atoms with Crippen LogP contribution in [-0.4, -0.2) is 22.1 Å². The third-order valence-corrected chi connectivity index (χ3v) is 4.91. The molecule has 0 aliphatic carbocycles. The molecule has 3 nitrogen and oxygen atoms in total. The quantitative estimate of drug-likeness (QED) is 0.578. The van der Waals surface area contributed by atoms with Gasteiger partial charge in [-0.1, -0.05) is 25.1 Å². The Kier molecular flexibility index (Phi) is 4.67. The number of carbonyl (C=O) groups excluding carboxylic acids is 2. The van der Waals surface area contributed by atoms with Crippen molar-refractivity contribution in [2.24, 2.45) is 0 Å². The number of thioether (sulfide) groups is 1. The van der Waals surface area contributed by atoms with Gasteiger partial charge in [0.1, 0.15) is 0 Å². The molecule has 1 fully saturated rings. The Balaban J connectivity index is 2.31. The monoisotopic (exact) mass is 387 g/mol. The van der Waals surface area contributed by atoms with Crippen LogP contribution in [0.15, 0.2) is 29.2 Å². The molecule has 0 radical (unpaired) electrons. The molecule has 1 aliphatic rings. The molecule has 0 spiro atoms. The van der Waals surface area contributed by atoms with E-state index in [0.29, 0.717) is 4.91 Å². The van der Waals surface area contributed by atoms with Crippen molar-refractivity contribution in [2.75, 3.05) is 0 Å². The minimum absolute atomic E-state index is 0.0479. The number of nitrogens with zero attached hydrogens (tertiary/aromatic N) is 1. The van der Waals surface area contributed by atoms with Gasteiger partial charge in [-0.25, -0.2) is 0 Å². The van der Waals surface area contributed by atoms with Crippen LogP contribution in [0.4, 0.5) is 4.79 Å². The molecule has 1 atom stereocenters. The maximum atomic E-state index is 12.2. The van der Waals surface area contributed by atoms with Crippen molar-refractivity contribution in [1.82, 2.24) is 4.90 Å². The van der Waals surface area contributed by atoms with Crippen LogP contribution >= 0.6 is 34.4 Å². The first-order chi connectivity index (χ1) is 9.04. The molecule has 2 rings (SSSR count). The van der Waals surface area contributed by atoms with Gasteiger partial charge in [0.15, 0.2) is 0 Å². The van der Waals surface area contributed by atoms with E-state index >= 15 is 0 Å². The van der Waals surface area contributed by atoms with Crippen LogP contribution in [0.2, 0.25) is 0 Å². The number of rotatable bonds is 3. The van der Waals surface area contributed by atoms with Gasteiger partial charge in [-0.3, -0.25) is 14.5 Å². The van der Waals surface area contributed by atoms with Crippen molar-refractivity contribution in [3.05, 3.63) is 38.3 Å². The Hall–Kier alpha value is -0.820. The molecule has 1 aromatic rings. The minimum Gasteiger partial charge on any atom is -0.268 e. The van der Waals surface area contributed by atoms with E-state index < -0.39 is 0 Å². The van der Waals surface area contributed by atoms with E-state index in [1.165, 1.54) is 4.90 Å². The highest BCUT2D eigenvalue weighted by atomic mass is 127. The van der Waals surface area contributed by atoms with Gasteiger partial charge in [-0.05, 0) is 65.4 Å². The molecule has 0 bridgehead atoms. The van der Waals surface area contributed by atoms with E-state index in [1.807, 2.05) is 38.1 Å². The Labute approximate surface area is 130 Å². The molecular weight excluding hydrogens is 373 g/mol. The zero-order valence-electron chi connectivity index (χ0n) is 10.7. The molecule has 5 heteroatoms. The summed E-state index contributed by atoms with van der Waals surface area (Å²) in [5.41, 5.74) is 0.970. The van der Waals surface area contributed by atoms with Gasteiger partial charge >= 0.3 is 0 Å². The molecule has 1 heterocycles. The molecule has 1 saturated heterocycles.